The third-order valence-corrected chi connectivity index (χ3v) is 5.49. The summed E-state index contributed by atoms with van der Waals surface area (Å²) in [5, 5.41) is 22.9. The summed E-state index contributed by atoms with van der Waals surface area (Å²) in [6.07, 6.45) is 0.410. The highest BCUT2D eigenvalue weighted by molar-refractivity contribution is 6.03. The number of aliphatic hydroxyl groups excluding tert-OH is 1. The summed E-state index contributed by atoms with van der Waals surface area (Å²) in [6, 6.07) is 7.30. The Morgan fingerprint density at radius 2 is 2.13 bits per heavy atom. The first kappa shape index (κ1) is 20.6. The number of rotatable bonds is 4. The molecule has 1 fully saturated rings. The molecule has 0 radical (unpaired) electrons. The fraction of sp³-hybridized carbons (Fsp3) is 0.318. The molecule has 0 aliphatic carbocycles. The predicted molar refractivity (Wildman–Crippen MR) is 108 cm³/mol. The number of oxime groups is 1. The summed E-state index contributed by atoms with van der Waals surface area (Å²) in [7, 11) is 1.42. The van der Waals surface area contributed by atoms with Gasteiger partial charge in [0, 0.05) is 12.0 Å². The van der Waals surface area contributed by atoms with Gasteiger partial charge in [-0.15, -0.1) is 0 Å². The number of halogens is 1. The number of nitrogens with zero attached hydrogens (tertiary/aromatic N) is 3. The van der Waals surface area contributed by atoms with Gasteiger partial charge in [0.05, 0.1) is 42.1 Å². The van der Waals surface area contributed by atoms with Crippen molar-refractivity contribution in [3.8, 4) is 28.7 Å². The highest BCUT2D eigenvalue weighted by atomic mass is 19.1. The molecular weight excluding hydrogens is 405 g/mol. The first-order valence-electron chi connectivity index (χ1n) is 9.62. The van der Waals surface area contributed by atoms with Gasteiger partial charge in [0.1, 0.15) is 12.9 Å². The molecule has 0 spiro atoms. The maximum absolute atomic E-state index is 14.1. The summed E-state index contributed by atoms with van der Waals surface area (Å²) in [5.74, 6) is -0.326. The Kier molecular flexibility index (Phi) is 5.48. The van der Waals surface area contributed by atoms with Crippen molar-refractivity contribution < 1.29 is 28.6 Å². The van der Waals surface area contributed by atoms with Gasteiger partial charge >= 0.3 is 0 Å². The molecule has 1 saturated heterocycles. The number of ether oxygens (including phenoxy) is 2. The third kappa shape index (κ3) is 3.55. The van der Waals surface area contributed by atoms with Crippen molar-refractivity contribution in [2.75, 3.05) is 27.1 Å². The number of carbonyl (C=O) groups excluding carboxylic acids is 1. The fourth-order valence-corrected chi connectivity index (χ4v) is 3.98. The Labute approximate surface area is 178 Å². The molecule has 0 aromatic heterocycles. The summed E-state index contributed by atoms with van der Waals surface area (Å²) in [4.78, 5) is 19.6. The molecule has 160 valence electrons. The zero-order valence-electron chi connectivity index (χ0n) is 17.0. The third-order valence-electron chi connectivity index (χ3n) is 5.49. The lowest BCUT2D eigenvalue weighted by molar-refractivity contribution is 0.0675. The molecule has 2 aromatic rings. The average Bonchev–Trinajstić information content (AvgIpc) is 3.41. The second kappa shape index (κ2) is 8.24. The number of nitriles is 1. The SMILES string of the molecule is CO/N=C1/C[C@@H](CO)N(C(=O)c2ccc(-c3cc(F)cc(C#N)c3C)c3c2OCO3)C1. The second-order valence-electron chi connectivity index (χ2n) is 7.28. The highest BCUT2D eigenvalue weighted by Crippen LogP contribution is 2.45. The zero-order valence-corrected chi connectivity index (χ0v) is 17.0. The zero-order chi connectivity index (χ0) is 22.1. The van der Waals surface area contributed by atoms with Gasteiger partial charge in [-0.2, -0.15) is 5.26 Å². The van der Waals surface area contributed by atoms with Crippen molar-refractivity contribution in [1.82, 2.24) is 4.90 Å². The molecule has 9 heteroatoms. The van der Waals surface area contributed by atoms with Crippen LogP contribution in [-0.4, -0.2) is 54.7 Å². The van der Waals surface area contributed by atoms with Crippen LogP contribution in [0.3, 0.4) is 0 Å². The molecule has 0 bridgehead atoms. The predicted octanol–water partition coefficient (Wildman–Crippen LogP) is 2.61. The van der Waals surface area contributed by atoms with Crippen LogP contribution in [0.5, 0.6) is 11.5 Å². The summed E-state index contributed by atoms with van der Waals surface area (Å²) < 4.78 is 25.3. The normalized spacial score (nSPS) is 18.4. The number of likely N-dealkylation sites (tertiary alicyclic amines) is 1. The minimum Gasteiger partial charge on any atom is -0.453 e. The molecule has 1 atom stereocenters. The number of amides is 1. The van der Waals surface area contributed by atoms with Crippen molar-refractivity contribution in [1.29, 1.82) is 5.26 Å². The minimum atomic E-state index is -0.544. The molecule has 2 aliphatic heterocycles. The van der Waals surface area contributed by atoms with E-state index in [0.29, 0.717) is 34.6 Å². The number of benzene rings is 2. The molecule has 2 aliphatic rings. The molecule has 2 heterocycles. The van der Waals surface area contributed by atoms with E-state index in [4.69, 9.17) is 14.3 Å². The average molecular weight is 425 g/mol. The lowest BCUT2D eigenvalue weighted by atomic mass is 9.94. The van der Waals surface area contributed by atoms with Gasteiger partial charge in [0.25, 0.3) is 5.91 Å². The van der Waals surface area contributed by atoms with Crippen molar-refractivity contribution in [2.24, 2.45) is 5.16 Å². The number of aliphatic hydroxyl groups is 1. The molecule has 1 amide bonds. The summed E-state index contributed by atoms with van der Waals surface area (Å²) in [5.41, 5.74) is 2.75. The van der Waals surface area contributed by atoms with Crippen LogP contribution in [0.2, 0.25) is 0 Å². The van der Waals surface area contributed by atoms with Crippen LogP contribution < -0.4 is 9.47 Å². The van der Waals surface area contributed by atoms with Crippen molar-refractivity contribution in [2.45, 2.75) is 19.4 Å². The highest BCUT2D eigenvalue weighted by Gasteiger charge is 2.36. The van der Waals surface area contributed by atoms with Crippen LogP contribution in [0.4, 0.5) is 4.39 Å². The number of fused-ring (bicyclic) bond motifs is 1. The second-order valence-corrected chi connectivity index (χ2v) is 7.28. The fourth-order valence-electron chi connectivity index (χ4n) is 3.98. The Hall–Kier alpha value is -3.64. The minimum absolute atomic E-state index is 0.0914. The number of hydrogen-bond donors (Lipinski definition) is 1. The van der Waals surface area contributed by atoms with E-state index in [9.17, 15) is 19.6 Å². The number of hydrogen-bond acceptors (Lipinski definition) is 7. The molecular formula is C22H20FN3O5. The molecule has 0 unspecified atom stereocenters. The maximum Gasteiger partial charge on any atom is 0.258 e. The van der Waals surface area contributed by atoms with Crippen LogP contribution in [-0.2, 0) is 4.84 Å². The molecule has 1 N–H and O–H groups in total. The first-order chi connectivity index (χ1) is 15.0. The summed E-state index contributed by atoms with van der Waals surface area (Å²) in [6.45, 7) is 1.64. The van der Waals surface area contributed by atoms with Crippen molar-refractivity contribution in [3.05, 3.63) is 46.8 Å². The van der Waals surface area contributed by atoms with Crippen molar-refractivity contribution in [3.63, 3.8) is 0 Å². The standard InChI is InChI=1S/C22H20FN3O5/c1-12-13(8-24)5-14(23)6-19(12)17-3-4-18(21-20(17)30-11-31-21)22(28)26-9-15(25-29-2)7-16(26)10-27/h3-6,16,27H,7,9-11H2,1-2H3/b25-15-/t16-/m0/s1. The van der Waals surface area contributed by atoms with E-state index in [-0.39, 0.29) is 42.7 Å². The Morgan fingerprint density at radius 1 is 1.35 bits per heavy atom. The van der Waals surface area contributed by atoms with Crippen molar-refractivity contribution >= 4 is 11.6 Å². The van der Waals surface area contributed by atoms with E-state index in [1.165, 1.54) is 24.1 Å². The van der Waals surface area contributed by atoms with Gasteiger partial charge in [-0.3, -0.25) is 4.79 Å². The molecule has 31 heavy (non-hydrogen) atoms. The van der Waals surface area contributed by atoms with Gasteiger partial charge in [-0.1, -0.05) is 5.16 Å². The van der Waals surface area contributed by atoms with E-state index in [1.807, 2.05) is 6.07 Å². The lowest BCUT2D eigenvalue weighted by Gasteiger charge is -2.23. The molecule has 0 saturated carbocycles. The quantitative estimate of drug-likeness (QED) is 0.755. The van der Waals surface area contributed by atoms with Gasteiger partial charge in [0.15, 0.2) is 11.5 Å². The van der Waals surface area contributed by atoms with Gasteiger partial charge in [-0.25, -0.2) is 4.39 Å². The van der Waals surface area contributed by atoms with E-state index in [1.54, 1.807) is 19.1 Å². The Morgan fingerprint density at radius 3 is 2.84 bits per heavy atom. The monoisotopic (exact) mass is 425 g/mol. The topological polar surface area (TPSA) is 104 Å². The number of carbonyl (C=O) groups is 1. The van der Waals surface area contributed by atoms with E-state index >= 15 is 0 Å². The smallest absolute Gasteiger partial charge is 0.258 e. The first-order valence-corrected chi connectivity index (χ1v) is 9.62. The molecule has 2 aromatic carbocycles. The molecule has 8 nitrogen and oxygen atoms in total. The maximum atomic E-state index is 14.1. The van der Waals surface area contributed by atoms with E-state index < -0.39 is 11.9 Å². The Balaban J connectivity index is 1.76. The van der Waals surface area contributed by atoms with Gasteiger partial charge < -0.3 is 24.3 Å². The summed E-state index contributed by atoms with van der Waals surface area (Å²) >= 11 is 0. The van der Waals surface area contributed by atoms with Crippen LogP contribution in [0.25, 0.3) is 11.1 Å². The van der Waals surface area contributed by atoms with Gasteiger partial charge in [-0.05, 0) is 42.3 Å². The van der Waals surface area contributed by atoms with E-state index in [0.717, 1.165) is 0 Å². The van der Waals surface area contributed by atoms with E-state index in [2.05, 4.69) is 5.16 Å². The lowest BCUT2D eigenvalue weighted by Crippen LogP contribution is -2.38. The largest absolute Gasteiger partial charge is 0.453 e. The van der Waals surface area contributed by atoms with Crippen LogP contribution in [0, 0.1) is 24.1 Å². The Bertz CT molecular complexity index is 1130. The van der Waals surface area contributed by atoms with Crippen LogP contribution >= 0.6 is 0 Å². The van der Waals surface area contributed by atoms with Crippen LogP contribution in [0.15, 0.2) is 29.4 Å². The molecule has 4 rings (SSSR count). The van der Waals surface area contributed by atoms with Gasteiger partial charge in [0.2, 0.25) is 6.79 Å². The van der Waals surface area contributed by atoms with Crippen LogP contribution in [0.1, 0.15) is 27.9 Å².